The number of rotatable bonds is 4. The summed E-state index contributed by atoms with van der Waals surface area (Å²) in [5.41, 5.74) is 3.45. The van der Waals surface area contributed by atoms with Crippen molar-refractivity contribution < 1.29 is 4.39 Å². The van der Waals surface area contributed by atoms with Crippen LogP contribution in [0, 0.1) is 18.2 Å². The van der Waals surface area contributed by atoms with Crippen LogP contribution in [-0.2, 0) is 6.54 Å². The monoisotopic (exact) mass is 378 g/mol. The number of aryl methyl sites for hydroxylation is 1. The van der Waals surface area contributed by atoms with Gasteiger partial charge >= 0.3 is 0 Å². The molecular formula is C23H27FN4. The van der Waals surface area contributed by atoms with Gasteiger partial charge in [0.15, 0.2) is 11.6 Å². The summed E-state index contributed by atoms with van der Waals surface area (Å²) in [6.45, 7) is 9.61. The third-order valence-corrected chi connectivity index (χ3v) is 5.61. The van der Waals surface area contributed by atoms with Gasteiger partial charge in [0, 0.05) is 5.56 Å². The summed E-state index contributed by atoms with van der Waals surface area (Å²) in [6, 6.07) is 14.7. The predicted molar refractivity (Wildman–Crippen MR) is 110 cm³/mol. The largest absolute Gasteiger partial charge is 0.296 e. The molecule has 1 aromatic heterocycles. The number of halogens is 1. The van der Waals surface area contributed by atoms with E-state index in [4.69, 9.17) is 10.1 Å². The lowest BCUT2D eigenvalue weighted by molar-refractivity contribution is 0.124. The second-order valence-electron chi connectivity index (χ2n) is 8.55. The zero-order valence-corrected chi connectivity index (χ0v) is 16.8. The van der Waals surface area contributed by atoms with Gasteiger partial charge in [0.25, 0.3) is 0 Å². The number of piperidine rings is 1. The average Bonchev–Trinajstić information content (AvgIpc) is 3.08. The van der Waals surface area contributed by atoms with Crippen molar-refractivity contribution in [3.8, 4) is 17.1 Å². The van der Waals surface area contributed by atoms with Crippen LogP contribution < -0.4 is 0 Å². The molecule has 146 valence electrons. The minimum Gasteiger partial charge on any atom is -0.296 e. The fraction of sp³-hybridized carbons (Fsp3) is 0.391. The highest BCUT2D eigenvalue weighted by atomic mass is 19.1. The van der Waals surface area contributed by atoms with Crippen LogP contribution in [0.15, 0.2) is 48.5 Å². The van der Waals surface area contributed by atoms with Gasteiger partial charge in [-0.2, -0.15) is 0 Å². The number of hydrogen-bond acceptors (Lipinski definition) is 3. The molecule has 5 heteroatoms. The van der Waals surface area contributed by atoms with Crippen molar-refractivity contribution in [3.63, 3.8) is 0 Å². The van der Waals surface area contributed by atoms with Crippen molar-refractivity contribution in [1.29, 1.82) is 0 Å². The molecule has 0 bridgehead atoms. The molecule has 0 spiro atoms. The number of hydrogen-bond donors (Lipinski definition) is 0. The lowest BCUT2D eigenvalue weighted by Crippen LogP contribution is -2.37. The van der Waals surface area contributed by atoms with Crippen LogP contribution >= 0.6 is 0 Å². The van der Waals surface area contributed by atoms with Gasteiger partial charge in [0.2, 0.25) is 0 Å². The van der Waals surface area contributed by atoms with Crippen molar-refractivity contribution in [2.24, 2.45) is 5.41 Å². The molecular weight excluding hydrogens is 351 g/mol. The number of benzene rings is 2. The van der Waals surface area contributed by atoms with Gasteiger partial charge in [-0.15, -0.1) is 5.10 Å². The molecule has 4 nitrogen and oxygen atoms in total. The second kappa shape index (κ2) is 7.47. The van der Waals surface area contributed by atoms with E-state index in [9.17, 15) is 4.39 Å². The molecule has 1 aliphatic rings. The summed E-state index contributed by atoms with van der Waals surface area (Å²) in [4.78, 5) is 7.28. The Bertz CT molecular complexity index is 869. The molecule has 28 heavy (non-hydrogen) atoms. The van der Waals surface area contributed by atoms with Gasteiger partial charge in [-0.25, -0.2) is 14.1 Å². The van der Waals surface area contributed by atoms with Gasteiger partial charge < -0.3 is 0 Å². The maximum Gasteiger partial charge on any atom is 0.165 e. The molecule has 1 fully saturated rings. The smallest absolute Gasteiger partial charge is 0.165 e. The van der Waals surface area contributed by atoms with Crippen LogP contribution in [0.3, 0.4) is 0 Å². The lowest BCUT2D eigenvalue weighted by Gasteiger charge is -2.36. The molecule has 0 N–H and O–H groups in total. The normalized spacial score (nSPS) is 17.0. The van der Waals surface area contributed by atoms with Crippen molar-refractivity contribution in [3.05, 3.63) is 65.7 Å². The molecule has 1 saturated heterocycles. The number of nitrogens with zero attached hydrogens (tertiary/aromatic N) is 4. The van der Waals surface area contributed by atoms with Crippen molar-refractivity contribution in [2.75, 3.05) is 13.1 Å². The minimum absolute atomic E-state index is 0.253. The first kappa shape index (κ1) is 18.8. The molecule has 0 unspecified atom stereocenters. The maximum absolute atomic E-state index is 13.4. The highest BCUT2D eigenvalue weighted by molar-refractivity contribution is 5.58. The summed E-state index contributed by atoms with van der Waals surface area (Å²) in [5, 5.41) is 4.78. The Hall–Kier alpha value is -2.53. The van der Waals surface area contributed by atoms with Crippen molar-refractivity contribution in [1.82, 2.24) is 19.7 Å². The van der Waals surface area contributed by atoms with Crippen LogP contribution in [0.5, 0.6) is 0 Å². The maximum atomic E-state index is 13.4. The van der Waals surface area contributed by atoms with Crippen LogP contribution in [0.4, 0.5) is 4.39 Å². The molecule has 0 radical (unpaired) electrons. The van der Waals surface area contributed by atoms with Gasteiger partial charge in [-0.3, -0.25) is 4.90 Å². The highest BCUT2D eigenvalue weighted by Gasteiger charge is 2.26. The van der Waals surface area contributed by atoms with E-state index in [-0.39, 0.29) is 5.82 Å². The average molecular weight is 378 g/mol. The Labute approximate surface area is 166 Å². The van der Waals surface area contributed by atoms with E-state index in [2.05, 4.69) is 49.9 Å². The first-order valence-electron chi connectivity index (χ1n) is 9.91. The van der Waals surface area contributed by atoms with Gasteiger partial charge in [0.05, 0.1) is 12.2 Å². The Morgan fingerprint density at radius 2 is 1.61 bits per heavy atom. The third kappa shape index (κ3) is 4.14. The lowest BCUT2D eigenvalue weighted by atomic mass is 9.83. The zero-order chi connectivity index (χ0) is 19.7. The SMILES string of the molecule is Cc1ccc(-c2nc(CN3CCC(C)(C)CC3)nn2-c2ccc(F)cc2)cc1. The Morgan fingerprint density at radius 1 is 0.964 bits per heavy atom. The van der Waals surface area contributed by atoms with Gasteiger partial charge in [-0.05, 0) is 62.5 Å². The topological polar surface area (TPSA) is 34.0 Å². The van der Waals surface area contributed by atoms with E-state index in [1.165, 1.54) is 30.5 Å². The van der Waals surface area contributed by atoms with Crippen LogP contribution in [0.2, 0.25) is 0 Å². The first-order chi connectivity index (χ1) is 13.4. The molecule has 0 atom stereocenters. The third-order valence-electron chi connectivity index (χ3n) is 5.61. The first-order valence-corrected chi connectivity index (χ1v) is 9.91. The Balaban J connectivity index is 1.66. The van der Waals surface area contributed by atoms with E-state index in [1.807, 2.05) is 4.68 Å². The van der Waals surface area contributed by atoms with Crippen LogP contribution in [0.1, 0.15) is 38.1 Å². The summed E-state index contributed by atoms with van der Waals surface area (Å²) < 4.78 is 15.2. The molecule has 0 amide bonds. The summed E-state index contributed by atoms with van der Waals surface area (Å²) in [6.07, 6.45) is 2.38. The molecule has 2 aromatic carbocycles. The summed E-state index contributed by atoms with van der Waals surface area (Å²) in [7, 11) is 0. The van der Waals surface area contributed by atoms with Crippen LogP contribution in [0.25, 0.3) is 17.1 Å². The standard InChI is InChI=1S/C23H27FN4/c1-17-4-6-18(7-5-17)22-25-21(16-27-14-12-23(2,3)13-15-27)26-28(22)20-10-8-19(24)9-11-20/h4-11H,12-16H2,1-3H3. The zero-order valence-electron chi connectivity index (χ0n) is 16.8. The summed E-state index contributed by atoms with van der Waals surface area (Å²) in [5.74, 6) is 1.34. The van der Waals surface area contributed by atoms with Crippen LogP contribution in [-0.4, -0.2) is 32.8 Å². The molecule has 3 aromatic rings. The van der Waals surface area contributed by atoms with E-state index >= 15 is 0 Å². The quantitative estimate of drug-likeness (QED) is 0.640. The van der Waals surface area contributed by atoms with E-state index in [1.54, 1.807) is 12.1 Å². The second-order valence-corrected chi connectivity index (χ2v) is 8.55. The van der Waals surface area contributed by atoms with E-state index in [0.29, 0.717) is 5.41 Å². The molecule has 1 aliphatic heterocycles. The number of aromatic nitrogens is 3. The fourth-order valence-corrected chi connectivity index (χ4v) is 3.59. The minimum atomic E-state index is -0.253. The van der Waals surface area contributed by atoms with Crippen molar-refractivity contribution in [2.45, 2.75) is 40.2 Å². The van der Waals surface area contributed by atoms with E-state index < -0.39 is 0 Å². The van der Waals surface area contributed by atoms with Crippen molar-refractivity contribution >= 4 is 0 Å². The fourth-order valence-electron chi connectivity index (χ4n) is 3.59. The highest BCUT2D eigenvalue weighted by Crippen LogP contribution is 2.30. The Kier molecular flexibility index (Phi) is 5.02. The van der Waals surface area contributed by atoms with E-state index in [0.717, 1.165) is 42.5 Å². The molecule has 2 heterocycles. The van der Waals surface area contributed by atoms with Gasteiger partial charge in [-0.1, -0.05) is 43.7 Å². The molecule has 0 saturated carbocycles. The summed E-state index contributed by atoms with van der Waals surface area (Å²) >= 11 is 0. The predicted octanol–water partition coefficient (Wildman–Crippen LogP) is 5.00. The number of likely N-dealkylation sites (tertiary alicyclic amines) is 1. The molecule has 0 aliphatic carbocycles. The molecule has 4 rings (SSSR count). The van der Waals surface area contributed by atoms with Gasteiger partial charge in [0.1, 0.15) is 5.82 Å². The Morgan fingerprint density at radius 3 is 2.25 bits per heavy atom.